The number of benzene rings is 1. The maximum atomic E-state index is 13.2. The van der Waals surface area contributed by atoms with Gasteiger partial charge in [0.1, 0.15) is 11.5 Å². The second kappa shape index (κ2) is 5.31. The van der Waals surface area contributed by atoms with Crippen LogP contribution in [0.2, 0.25) is 0 Å². The predicted molar refractivity (Wildman–Crippen MR) is 73.6 cm³/mol. The highest BCUT2D eigenvalue weighted by Gasteiger charge is 2.35. The van der Waals surface area contributed by atoms with Crippen molar-refractivity contribution >= 4 is 22.5 Å². The Hall–Kier alpha value is -2.48. The summed E-state index contributed by atoms with van der Waals surface area (Å²) in [4.78, 5) is 15.1. The van der Waals surface area contributed by atoms with Gasteiger partial charge in [-0.2, -0.15) is 18.3 Å². The topological polar surface area (TPSA) is 47.3 Å². The van der Waals surface area contributed by atoms with Crippen molar-refractivity contribution in [3.63, 3.8) is 0 Å². The second-order valence-corrected chi connectivity index (χ2v) is 4.95. The molecule has 0 fully saturated rings. The van der Waals surface area contributed by atoms with Gasteiger partial charge in [-0.15, -0.1) is 0 Å². The van der Waals surface area contributed by atoms with Gasteiger partial charge in [-0.1, -0.05) is 0 Å². The summed E-state index contributed by atoms with van der Waals surface area (Å²) in [7, 11) is 0. The lowest BCUT2D eigenvalue weighted by Crippen LogP contribution is -2.14. The molecule has 0 aliphatic carbocycles. The lowest BCUT2D eigenvalue weighted by molar-refractivity contribution is -0.142. The van der Waals surface area contributed by atoms with Crippen molar-refractivity contribution in [2.75, 3.05) is 0 Å². The molecule has 0 bridgehead atoms. The van der Waals surface area contributed by atoms with Gasteiger partial charge in [0, 0.05) is 11.6 Å². The Morgan fingerprint density at radius 2 is 1.78 bits per heavy atom. The molecule has 3 rings (SSSR count). The molecule has 2 heterocycles. The van der Waals surface area contributed by atoms with Crippen molar-refractivity contribution in [2.45, 2.75) is 6.18 Å². The molecule has 23 heavy (non-hydrogen) atoms. The van der Waals surface area contributed by atoms with Crippen LogP contribution in [-0.2, 0) is 6.18 Å². The monoisotopic (exact) mass is 343 g/mol. The maximum Gasteiger partial charge on any atom is 0.433 e. The van der Waals surface area contributed by atoms with Crippen LogP contribution in [0.3, 0.4) is 0 Å². The molecule has 1 aromatic carbocycles. The van der Waals surface area contributed by atoms with Gasteiger partial charge in [-0.25, -0.2) is 13.9 Å². The Morgan fingerprint density at radius 3 is 2.35 bits per heavy atom. The van der Waals surface area contributed by atoms with Gasteiger partial charge in [0.15, 0.2) is 11.3 Å². The zero-order valence-electron chi connectivity index (χ0n) is 11.1. The van der Waals surface area contributed by atoms with E-state index in [0.29, 0.717) is 10.1 Å². The normalized spacial score (nSPS) is 11.9. The maximum absolute atomic E-state index is 13.2. The third-order valence-electron chi connectivity index (χ3n) is 3.06. The molecular weight excluding hydrogens is 338 g/mol. The van der Waals surface area contributed by atoms with Crippen LogP contribution < -0.4 is 0 Å². The molecule has 0 atom stereocenters. The minimum absolute atomic E-state index is 0.0294. The summed E-state index contributed by atoms with van der Waals surface area (Å²) in [6, 6.07) is 6.65. The number of carbonyl (C=O) groups excluding carboxylic acids is 1. The summed E-state index contributed by atoms with van der Waals surface area (Å²) >= 11 is 5.25. The van der Waals surface area contributed by atoms with Crippen LogP contribution in [0.1, 0.15) is 16.2 Å². The molecule has 0 saturated heterocycles. The van der Waals surface area contributed by atoms with E-state index in [0.717, 1.165) is 24.3 Å². The number of nitrogens with zero attached hydrogens (tertiary/aromatic N) is 3. The van der Waals surface area contributed by atoms with E-state index >= 15 is 0 Å². The van der Waals surface area contributed by atoms with E-state index in [4.69, 9.17) is 11.6 Å². The first kappa shape index (κ1) is 15.4. The van der Waals surface area contributed by atoms with Crippen molar-refractivity contribution in [3.8, 4) is 11.3 Å². The third-order valence-corrected chi connectivity index (χ3v) is 3.25. The van der Waals surface area contributed by atoms with Crippen LogP contribution in [0.5, 0.6) is 0 Å². The Bertz CT molecular complexity index is 903. The molecule has 9 heteroatoms. The van der Waals surface area contributed by atoms with Gasteiger partial charge in [0.05, 0.1) is 5.69 Å². The minimum atomic E-state index is -4.73. The molecule has 0 N–H and O–H groups in total. The summed E-state index contributed by atoms with van der Waals surface area (Å²) in [5, 5.41) is 2.53. The fourth-order valence-electron chi connectivity index (χ4n) is 2.04. The molecule has 4 nitrogen and oxygen atoms in total. The largest absolute Gasteiger partial charge is 0.433 e. The zero-order valence-corrected chi connectivity index (χ0v) is 11.9. The molecule has 0 unspecified atom stereocenters. The fraction of sp³-hybridized carbons (Fsp3) is 0.0714. The molecule has 3 aromatic rings. The summed E-state index contributed by atoms with van der Waals surface area (Å²) in [6.07, 6.45) is -4.73. The quantitative estimate of drug-likeness (QED) is 0.523. The summed E-state index contributed by atoms with van der Waals surface area (Å²) < 4.78 is 53.1. The van der Waals surface area contributed by atoms with Gasteiger partial charge in [-0.05, 0) is 41.9 Å². The van der Waals surface area contributed by atoms with Crippen LogP contribution in [-0.4, -0.2) is 19.8 Å². The Balaban J connectivity index is 2.28. The van der Waals surface area contributed by atoms with Crippen molar-refractivity contribution in [3.05, 3.63) is 53.6 Å². The van der Waals surface area contributed by atoms with E-state index in [2.05, 4.69) is 10.1 Å². The second-order valence-electron chi connectivity index (χ2n) is 4.60. The average Bonchev–Trinajstić information content (AvgIpc) is 2.90. The highest BCUT2D eigenvalue weighted by molar-refractivity contribution is 6.67. The summed E-state index contributed by atoms with van der Waals surface area (Å²) in [5.41, 5.74) is -1.40. The van der Waals surface area contributed by atoms with Crippen molar-refractivity contribution < 1.29 is 22.4 Å². The summed E-state index contributed by atoms with van der Waals surface area (Å²) in [5.74, 6) is -0.523. The Kier molecular flexibility index (Phi) is 3.56. The first-order valence-electron chi connectivity index (χ1n) is 6.19. The first-order chi connectivity index (χ1) is 10.8. The Morgan fingerprint density at radius 1 is 1.13 bits per heavy atom. The molecule has 0 amide bonds. The van der Waals surface area contributed by atoms with Crippen molar-refractivity contribution in [1.82, 2.24) is 14.6 Å². The number of hydrogen-bond acceptors (Lipinski definition) is 3. The number of carbonyl (C=O) groups is 1. The number of aromatic nitrogens is 3. The average molecular weight is 344 g/mol. The summed E-state index contributed by atoms with van der Waals surface area (Å²) in [6.45, 7) is 0. The molecule has 0 spiro atoms. The van der Waals surface area contributed by atoms with Gasteiger partial charge in [0.25, 0.3) is 5.24 Å². The van der Waals surface area contributed by atoms with Crippen molar-refractivity contribution in [2.24, 2.45) is 0 Å². The van der Waals surface area contributed by atoms with E-state index < -0.39 is 22.9 Å². The number of halogens is 5. The van der Waals surface area contributed by atoms with E-state index in [1.165, 1.54) is 12.1 Å². The molecule has 118 valence electrons. The Labute approximate surface area is 131 Å². The van der Waals surface area contributed by atoms with E-state index in [1.54, 1.807) is 0 Å². The highest BCUT2D eigenvalue weighted by Crippen LogP contribution is 2.32. The SMILES string of the molecule is O=C(Cl)c1cc2nc(-c3ccc(F)cc3)cc(C(F)(F)F)n2n1. The number of alkyl halides is 3. The molecule has 0 radical (unpaired) electrons. The third kappa shape index (κ3) is 2.89. The zero-order chi connectivity index (χ0) is 16.8. The number of rotatable bonds is 2. The predicted octanol–water partition coefficient (Wildman–Crippen LogP) is 3.93. The smallest absolute Gasteiger partial charge is 0.274 e. The lowest BCUT2D eigenvalue weighted by Gasteiger charge is -2.11. The van der Waals surface area contributed by atoms with Crippen LogP contribution >= 0.6 is 11.6 Å². The number of fused-ring (bicyclic) bond motifs is 1. The first-order valence-corrected chi connectivity index (χ1v) is 6.57. The van der Waals surface area contributed by atoms with E-state index in [9.17, 15) is 22.4 Å². The highest BCUT2D eigenvalue weighted by atomic mass is 35.5. The van der Waals surface area contributed by atoms with Gasteiger partial charge in [-0.3, -0.25) is 4.79 Å². The molecule has 2 aromatic heterocycles. The minimum Gasteiger partial charge on any atom is -0.274 e. The van der Waals surface area contributed by atoms with Crippen LogP contribution in [0, 0.1) is 5.82 Å². The van der Waals surface area contributed by atoms with Crippen LogP contribution in [0.4, 0.5) is 17.6 Å². The van der Waals surface area contributed by atoms with Crippen molar-refractivity contribution in [1.29, 1.82) is 0 Å². The van der Waals surface area contributed by atoms with Gasteiger partial charge in [0.2, 0.25) is 0 Å². The fourth-order valence-corrected chi connectivity index (χ4v) is 2.13. The molecule has 0 aliphatic heterocycles. The molecule has 0 saturated carbocycles. The molecular formula is C14H6ClF4N3O. The standard InChI is InChI=1S/C14H6ClF4N3O/c15-13(23)10-6-12-20-9(7-1-3-8(16)4-2-7)5-11(14(17,18)19)22(12)21-10/h1-6H. The van der Waals surface area contributed by atoms with E-state index in [-0.39, 0.29) is 17.0 Å². The molecule has 0 aliphatic rings. The van der Waals surface area contributed by atoms with Gasteiger partial charge < -0.3 is 0 Å². The van der Waals surface area contributed by atoms with E-state index in [1.807, 2.05) is 0 Å². The van der Waals surface area contributed by atoms with Gasteiger partial charge >= 0.3 is 6.18 Å². The number of hydrogen-bond donors (Lipinski definition) is 0. The van der Waals surface area contributed by atoms with Crippen LogP contribution in [0.25, 0.3) is 16.9 Å². The van der Waals surface area contributed by atoms with Crippen LogP contribution in [0.15, 0.2) is 36.4 Å². The lowest BCUT2D eigenvalue weighted by atomic mass is 10.1.